The van der Waals surface area contributed by atoms with Crippen LogP contribution in [0.15, 0.2) is 29.2 Å². The summed E-state index contributed by atoms with van der Waals surface area (Å²) in [6, 6.07) is 6.74. The summed E-state index contributed by atoms with van der Waals surface area (Å²) in [5.41, 5.74) is 0.931. The number of thioether (sulfide) groups is 1. The van der Waals surface area contributed by atoms with Crippen LogP contribution in [0.25, 0.3) is 0 Å². The Labute approximate surface area is 107 Å². The van der Waals surface area contributed by atoms with E-state index in [0.29, 0.717) is 5.25 Å². The van der Waals surface area contributed by atoms with Crippen LogP contribution >= 0.6 is 11.8 Å². The average molecular weight is 274 g/mol. The zero-order valence-electron chi connectivity index (χ0n) is 10.2. The molecule has 0 radical (unpaired) electrons. The first kappa shape index (κ1) is 14.3. The summed E-state index contributed by atoms with van der Waals surface area (Å²) in [5, 5.41) is 3.78. The molecule has 17 heavy (non-hydrogen) atoms. The van der Waals surface area contributed by atoms with Gasteiger partial charge in [0.05, 0.1) is 4.90 Å². The van der Waals surface area contributed by atoms with Gasteiger partial charge in [-0.25, -0.2) is 13.1 Å². The summed E-state index contributed by atoms with van der Waals surface area (Å²) >= 11 is 1.79. The van der Waals surface area contributed by atoms with Crippen molar-refractivity contribution in [2.75, 3.05) is 25.2 Å². The first-order chi connectivity index (χ1) is 7.99. The van der Waals surface area contributed by atoms with Crippen molar-refractivity contribution in [3.63, 3.8) is 0 Å². The third kappa shape index (κ3) is 4.22. The lowest BCUT2D eigenvalue weighted by Crippen LogP contribution is -2.18. The maximum atomic E-state index is 11.5. The molecule has 0 amide bonds. The van der Waals surface area contributed by atoms with E-state index in [1.54, 1.807) is 36.0 Å². The van der Waals surface area contributed by atoms with Crippen LogP contribution in [-0.2, 0) is 10.0 Å². The van der Waals surface area contributed by atoms with Crippen molar-refractivity contribution in [2.45, 2.75) is 17.1 Å². The molecule has 1 aromatic carbocycles. The largest absolute Gasteiger partial charge is 0.384 e. The minimum atomic E-state index is -3.33. The Bertz CT molecular complexity index is 443. The van der Waals surface area contributed by atoms with Gasteiger partial charge in [-0.3, -0.25) is 0 Å². The lowest BCUT2D eigenvalue weighted by Gasteiger charge is -2.11. The van der Waals surface area contributed by atoms with Gasteiger partial charge in [-0.1, -0.05) is 6.92 Å². The summed E-state index contributed by atoms with van der Waals surface area (Å²) in [6.07, 6.45) is 2.06. The van der Waals surface area contributed by atoms with E-state index in [9.17, 15) is 8.42 Å². The fraction of sp³-hybridized carbons (Fsp3) is 0.455. The lowest BCUT2D eigenvalue weighted by molar-refractivity contribution is 0.588. The number of rotatable bonds is 6. The Morgan fingerprint density at radius 3 is 2.35 bits per heavy atom. The van der Waals surface area contributed by atoms with Crippen LogP contribution in [-0.4, -0.2) is 33.5 Å². The number of hydrogen-bond donors (Lipinski definition) is 2. The molecule has 1 aromatic rings. The normalized spacial score (nSPS) is 13.4. The molecule has 0 saturated heterocycles. The quantitative estimate of drug-likeness (QED) is 0.830. The number of hydrogen-bond acceptors (Lipinski definition) is 4. The van der Waals surface area contributed by atoms with Gasteiger partial charge in [0.25, 0.3) is 0 Å². The number of nitrogens with one attached hydrogen (secondary N) is 2. The molecule has 6 heteroatoms. The van der Waals surface area contributed by atoms with Gasteiger partial charge in [0.2, 0.25) is 10.0 Å². The Morgan fingerprint density at radius 1 is 1.29 bits per heavy atom. The second-order valence-electron chi connectivity index (χ2n) is 3.66. The van der Waals surface area contributed by atoms with Crippen molar-refractivity contribution in [1.29, 1.82) is 0 Å². The molecule has 0 spiro atoms. The van der Waals surface area contributed by atoms with Crippen LogP contribution in [0.2, 0.25) is 0 Å². The fourth-order valence-electron chi connectivity index (χ4n) is 1.21. The van der Waals surface area contributed by atoms with Crippen LogP contribution in [0.1, 0.15) is 6.92 Å². The Kier molecular flexibility index (Phi) is 5.30. The van der Waals surface area contributed by atoms with E-state index in [2.05, 4.69) is 23.2 Å². The first-order valence-corrected chi connectivity index (χ1v) is 8.07. The molecule has 4 nitrogen and oxygen atoms in total. The molecule has 2 N–H and O–H groups in total. The van der Waals surface area contributed by atoms with E-state index in [1.807, 2.05) is 0 Å². The van der Waals surface area contributed by atoms with Gasteiger partial charge in [-0.15, -0.1) is 0 Å². The minimum Gasteiger partial charge on any atom is -0.384 e. The van der Waals surface area contributed by atoms with E-state index in [4.69, 9.17) is 0 Å². The third-order valence-electron chi connectivity index (χ3n) is 2.43. The highest BCUT2D eigenvalue weighted by molar-refractivity contribution is 7.99. The number of anilines is 1. The van der Waals surface area contributed by atoms with Crippen molar-refractivity contribution in [2.24, 2.45) is 0 Å². The third-order valence-corrected chi connectivity index (χ3v) is 4.83. The predicted molar refractivity (Wildman–Crippen MR) is 74.2 cm³/mol. The van der Waals surface area contributed by atoms with E-state index >= 15 is 0 Å². The van der Waals surface area contributed by atoms with Gasteiger partial charge in [0, 0.05) is 17.5 Å². The highest BCUT2D eigenvalue weighted by Crippen LogP contribution is 2.14. The molecule has 0 aliphatic heterocycles. The molecular formula is C11H18N2O2S2. The molecule has 0 saturated carbocycles. The van der Waals surface area contributed by atoms with Crippen LogP contribution in [0.3, 0.4) is 0 Å². The molecule has 0 aromatic heterocycles. The highest BCUT2D eigenvalue weighted by Gasteiger charge is 2.10. The SMILES string of the molecule is CNS(=O)(=O)c1ccc(NCC(C)SC)cc1. The monoisotopic (exact) mass is 274 g/mol. The Hall–Kier alpha value is -0.720. The molecule has 96 valence electrons. The highest BCUT2D eigenvalue weighted by atomic mass is 32.2. The van der Waals surface area contributed by atoms with Crippen molar-refractivity contribution in [3.05, 3.63) is 24.3 Å². The molecule has 1 atom stereocenters. The molecule has 0 heterocycles. The van der Waals surface area contributed by atoms with E-state index in [0.717, 1.165) is 12.2 Å². The second-order valence-corrected chi connectivity index (χ2v) is 6.82. The number of sulfonamides is 1. The Morgan fingerprint density at radius 2 is 1.88 bits per heavy atom. The van der Waals surface area contributed by atoms with E-state index in [-0.39, 0.29) is 4.90 Å². The maximum Gasteiger partial charge on any atom is 0.240 e. The van der Waals surface area contributed by atoms with E-state index < -0.39 is 10.0 Å². The lowest BCUT2D eigenvalue weighted by atomic mass is 10.3. The molecule has 0 fully saturated rings. The maximum absolute atomic E-state index is 11.5. The zero-order valence-corrected chi connectivity index (χ0v) is 11.9. The Balaban J connectivity index is 2.69. The summed E-state index contributed by atoms with van der Waals surface area (Å²) in [6.45, 7) is 3.00. The van der Waals surface area contributed by atoms with Gasteiger partial charge < -0.3 is 5.32 Å². The fourth-order valence-corrected chi connectivity index (χ4v) is 2.19. The van der Waals surface area contributed by atoms with Crippen molar-refractivity contribution in [3.8, 4) is 0 Å². The van der Waals surface area contributed by atoms with Crippen LogP contribution in [0.5, 0.6) is 0 Å². The topological polar surface area (TPSA) is 58.2 Å². The van der Waals surface area contributed by atoms with Gasteiger partial charge >= 0.3 is 0 Å². The summed E-state index contributed by atoms with van der Waals surface area (Å²) < 4.78 is 25.3. The summed E-state index contributed by atoms with van der Waals surface area (Å²) in [5.74, 6) is 0. The van der Waals surface area contributed by atoms with Gasteiger partial charge in [-0.2, -0.15) is 11.8 Å². The van der Waals surface area contributed by atoms with Gasteiger partial charge in [-0.05, 0) is 37.6 Å². The minimum absolute atomic E-state index is 0.281. The van der Waals surface area contributed by atoms with Gasteiger partial charge in [0.15, 0.2) is 0 Å². The summed E-state index contributed by atoms with van der Waals surface area (Å²) in [7, 11) is -1.93. The van der Waals surface area contributed by atoms with Gasteiger partial charge in [0.1, 0.15) is 0 Å². The molecular weight excluding hydrogens is 256 g/mol. The summed E-state index contributed by atoms with van der Waals surface area (Å²) in [4.78, 5) is 0.281. The van der Waals surface area contributed by atoms with Crippen LogP contribution in [0, 0.1) is 0 Å². The van der Waals surface area contributed by atoms with E-state index in [1.165, 1.54) is 7.05 Å². The second kappa shape index (κ2) is 6.28. The van der Waals surface area contributed by atoms with Crippen molar-refractivity contribution >= 4 is 27.5 Å². The number of benzene rings is 1. The zero-order chi connectivity index (χ0) is 12.9. The molecule has 0 aliphatic rings. The van der Waals surface area contributed by atoms with Crippen molar-refractivity contribution < 1.29 is 8.42 Å². The molecule has 0 bridgehead atoms. The first-order valence-electron chi connectivity index (χ1n) is 5.30. The van der Waals surface area contributed by atoms with Crippen LogP contribution in [0.4, 0.5) is 5.69 Å². The van der Waals surface area contributed by atoms with Crippen LogP contribution < -0.4 is 10.0 Å². The standard InChI is InChI=1S/C11H18N2O2S2/c1-9(16-3)8-13-10-4-6-11(7-5-10)17(14,15)12-2/h4-7,9,12-13H,8H2,1-3H3. The van der Waals surface area contributed by atoms with Crippen molar-refractivity contribution in [1.82, 2.24) is 4.72 Å². The molecule has 1 unspecified atom stereocenters. The molecule has 0 aliphatic carbocycles. The molecule has 1 rings (SSSR count). The smallest absolute Gasteiger partial charge is 0.240 e. The average Bonchev–Trinajstić information content (AvgIpc) is 2.36. The predicted octanol–water partition coefficient (Wildman–Crippen LogP) is 1.76.